The summed E-state index contributed by atoms with van der Waals surface area (Å²) in [6, 6.07) is 3.21. The normalized spacial score (nSPS) is 17.8. The number of pyridine rings is 2. The summed E-state index contributed by atoms with van der Waals surface area (Å²) in [5, 5.41) is 3.17. The third-order valence-electron chi connectivity index (χ3n) is 6.92. The summed E-state index contributed by atoms with van der Waals surface area (Å²) in [5.74, 6) is 0.275. The van der Waals surface area contributed by atoms with Crippen LogP contribution in [-0.2, 0) is 10.0 Å². The number of nitrogens with one attached hydrogen (secondary N) is 2. The minimum absolute atomic E-state index is 0.00122. The van der Waals surface area contributed by atoms with E-state index in [1.807, 2.05) is 13.0 Å². The number of nitrogens with zero attached hydrogens (tertiary/aromatic N) is 7. The summed E-state index contributed by atoms with van der Waals surface area (Å²) in [4.78, 5) is 27.5. The van der Waals surface area contributed by atoms with Crippen LogP contribution < -0.4 is 10.1 Å². The van der Waals surface area contributed by atoms with Gasteiger partial charge in [-0.05, 0) is 32.4 Å². The lowest BCUT2D eigenvalue weighted by atomic mass is 10.0. The minimum Gasteiger partial charge on any atom is -0.479 e. The maximum Gasteiger partial charge on any atom is 0.250 e. The number of aromatic amines is 1. The third-order valence-corrected chi connectivity index (χ3v) is 8.19. The van der Waals surface area contributed by atoms with Gasteiger partial charge in [0.2, 0.25) is 15.9 Å². The molecule has 5 rings (SSSR count). The number of piperazine rings is 1. The van der Waals surface area contributed by atoms with Gasteiger partial charge in [0, 0.05) is 49.5 Å². The van der Waals surface area contributed by atoms with Crippen LogP contribution in [0.2, 0.25) is 0 Å². The van der Waals surface area contributed by atoms with Crippen LogP contribution in [0, 0.1) is 12.7 Å². The number of sulfonamides is 1. The molecule has 0 radical (unpaired) electrons. The Hall–Kier alpha value is -3.75. The lowest BCUT2D eigenvalue weighted by Crippen LogP contribution is -2.53. The monoisotopic (exact) mass is 555 g/mol. The maximum atomic E-state index is 14.4. The van der Waals surface area contributed by atoms with E-state index in [1.165, 1.54) is 29.9 Å². The second-order valence-electron chi connectivity index (χ2n) is 9.61. The number of methoxy groups -OCH3 is 1. The Morgan fingerprint density at radius 2 is 1.97 bits per heavy atom. The van der Waals surface area contributed by atoms with Crippen LogP contribution in [0.4, 0.5) is 15.9 Å². The van der Waals surface area contributed by atoms with Crippen LogP contribution >= 0.6 is 0 Å². The largest absolute Gasteiger partial charge is 0.479 e. The molecule has 1 saturated heterocycles. The molecule has 0 aliphatic carbocycles. The van der Waals surface area contributed by atoms with Gasteiger partial charge in [-0.3, -0.25) is 4.90 Å². The van der Waals surface area contributed by atoms with Crippen molar-refractivity contribution in [3.63, 3.8) is 0 Å². The second kappa shape index (κ2) is 10.4. The zero-order valence-electron chi connectivity index (χ0n) is 22.3. The van der Waals surface area contributed by atoms with Gasteiger partial charge in [-0.15, -0.1) is 0 Å². The van der Waals surface area contributed by atoms with Crippen molar-refractivity contribution >= 4 is 32.7 Å². The average molecular weight is 556 g/mol. The van der Waals surface area contributed by atoms with Gasteiger partial charge in [0.1, 0.15) is 22.9 Å². The fourth-order valence-corrected chi connectivity index (χ4v) is 5.81. The molecule has 12 nitrogen and oxygen atoms in total. The van der Waals surface area contributed by atoms with Crippen LogP contribution in [-0.4, -0.2) is 86.6 Å². The Balaban J connectivity index is 1.55. The van der Waals surface area contributed by atoms with Gasteiger partial charge < -0.3 is 15.0 Å². The lowest BCUT2D eigenvalue weighted by molar-refractivity contribution is 0.0906. The minimum atomic E-state index is -3.25. The first kappa shape index (κ1) is 26.8. The van der Waals surface area contributed by atoms with Crippen molar-refractivity contribution in [2.45, 2.75) is 32.9 Å². The Morgan fingerprint density at radius 3 is 2.67 bits per heavy atom. The number of hydrogen-bond donors (Lipinski definition) is 2. The molecule has 4 aromatic rings. The van der Waals surface area contributed by atoms with Crippen molar-refractivity contribution in [3.8, 4) is 17.1 Å². The summed E-state index contributed by atoms with van der Waals surface area (Å²) in [5.41, 5.74) is 3.72. The lowest BCUT2D eigenvalue weighted by Gasteiger charge is -2.42. The first-order chi connectivity index (χ1) is 18.5. The molecule has 2 N–H and O–H groups in total. The molecule has 39 heavy (non-hydrogen) atoms. The summed E-state index contributed by atoms with van der Waals surface area (Å²) in [7, 11) is -1.90. The number of halogens is 1. The van der Waals surface area contributed by atoms with E-state index in [9.17, 15) is 12.8 Å². The molecule has 14 heteroatoms. The van der Waals surface area contributed by atoms with Gasteiger partial charge in [0.15, 0.2) is 11.5 Å². The molecule has 1 aliphatic heterocycles. The summed E-state index contributed by atoms with van der Waals surface area (Å²) >= 11 is 0. The van der Waals surface area contributed by atoms with Gasteiger partial charge in [-0.1, -0.05) is 0 Å². The highest BCUT2D eigenvalue weighted by atomic mass is 32.2. The predicted octanol–water partition coefficient (Wildman–Crippen LogP) is 3.04. The van der Waals surface area contributed by atoms with E-state index in [0.29, 0.717) is 59.4 Å². The summed E-state index contributed by atoms with van der Waals surface area (Å²) in [6.07, 6.45) is 6.02. The fraction of sp³-hybridized carbons (Fsp3) is 0.400. The molecular weight excluding hydrogens is 525 g/mol. The number of imidazole rings is 1. The number of aryl methyl sites for hydroxylation is 1. The molecule has 5 heterocycles. The number of hydrogen-bond acceptors (Lipinski definition) is 10. The van der Waals surface area contributed by atoms with E-state index in [-0.39, 0.29) is 18.0 Å². The molecule has 0 aromatic carbocycles. The van der Waals surface area contributed by atoms with Crippen molar-refractivity contribution in [3.05, 3.63) is 48.1 Å². The van der Waals surface area contributed by atoms with Crippen LogP contribution in [0.3, 0.4) is 0 Å². The van der Waals surface area contributed by atoms with Gasteiger partial charge >= 0.3 is 0 Å². The smallest absolute Gasteiger partial charge is 0.250 e. The maximum absolute atomic E-state index is 14.4. The molecule has 1 aliphatic rings. The van der Waals surface area contributed by atoms with Crippen molar-refractivity contribution in [1.29, 1.82) is 0 Å². The van der Waals surface area contributed by atoms with Crippen molar-refractivity contribution in [1.82, 2.24) is 39.1 Å². The third kappa shape index (κ3) is 5.40. The average Bonchev–Trinajstić information content (AvgIpc) is 3.36. The molecule has 0 saturated carbocycles. The zero-order chi connectivity index (χ0) is 27.9. The summed E-state index contributed by atoms with van der Waals surface area (Å²) in [6.45, 7) is 7.29. The highest BCUT2D eigenvalue weighted by molar-refractivity contribution is 7.88. The van der Waals surface area contributed by atoms with E-state index >= 15 is 0 Å². The Kier molecular flexibility index (Phi) is 7.18. The van der Waals surface area contributed by atoms with Gasteiger partial charge in [-0.25, -0.2) is 37.7 Å². The Bertz CT molecular complexity index is 1630. The van der Waals surface area contributed by atoms with Crippen molar-refractivity contribution < 1.29 is 17.5 Å². The van der Waals surface area contributed by atoms with Gasteiger partial charge in [-0.2, -0.15) is 4.31 Å². The molecular formula is C25H30FN9O3S. The molecule has 1 fully saturated rings. The Morgan fingerprint density at radius 1 is 1.18 bits per heavy atom. The molecule has 1 unspecified atom stereocenters. The number of anilines is 2. The second-order valence-corrected chi connectivity index (χ2v) is 11.6. The van der Waals surface area contributed by atoms with Crippen molar-refractivity contribution in [2.75, 3.05) is 38.3 Å². The zero-order valence-corrected chi connectivity index (χ0v) is 23.1. The molecule has 206 valence electrons. The molecule has 2 atom stereocenters. The van der Waals surface area contributed by atoms with E-state index < -0.39 is 15.8 Å². The predicted molar refractivity (Wildman–Crippen MR) is 145 cm³/mol. The molecule has 0 bridgehead atoms. The molecule has 0 amide bonds. The topological polar surface area (TPSA) is 142 Å². The quantitative estimate of drug-likeness (QED) is 0.349. The van der Waals surface area contributed by atoms with E-state index in [0.717, 1.165) is 5.56 Å². The number of ether oxygens (including phenoxy) is 1. The van der Waals surface area contributed by atoms with Crippen LogP contribution in [0.25, 0.3) is 22.4 Å². The number of H-pyrrole nitrogens is 1. The van der Waals surface area contributed by atoms with Crippen LogP contribution in [0.5, 0.6) is 5.88 Å². The van der Waals surface area contributed by atoms with E-state index in [1.54, 1.807) is 19.4 Å². The summed E-state index contributed by atoms with van der Waals surface area (Å²) < 4.78 is 45.0. The highest BCUT2D eigenvalue weighted by Gasteiger charge is 2.32. The fourth-order valence-electron chi connectivity index (χ4n) is 4.91. The van der Waals surface area contributed by atoms with Gasteiger partial charge in [0.25, 0.3) is 0 Å². The first-order valence-electron chi connectivity index (χ1n) is 12.4. The van der Waals surface area contributed by atoms with E-state index in [2.05, 4.69) is 37.1 Å². The number of fused-ring (bicyclic) bond motifs is 1. The van der Waals surface area contributed by atoms with Crippen molar-refractivity contribution in [2.24, 2.45) is 0 Å². The Labute approximate surface area is 225 Å². The first-order valence-corrected chi connectivity index (χ1v) is 14.3. The number of rotatable bonds is 7. The van der Waals surface area contributed by atoms with Crippen LogP contribution in [0.15, 0.2) is 30.9 Å². The van der Waals surface area contributed by atoms with E-state index in [4.69, 9.17) is 14.7 Å². The van der Waals surface area contributed by atoms with Gasteiger partial charge in [0.05, 0.1) is 31.6 Å². The number of aromatic nitrogens is 6. The highest BCUT2D eigenvalue weighted by Crippen LogP contribution is 2.35. The SMILES string of the molecule is COc1ncc(Nc2ncc([C@@H](C)N3CCN(S(C)(=O)=O)CC3C)cc2-c2nc(C)nc3nc[nH]c23)cc1F. The van der Waals surface area contributed by atoms with Crippen LogP contribution in [0.1, 0.15) is 31.3 Å². The standard InChI is InChI=1S/C25H30FN9O3S/c1-14-12-34(39(5,36)37)6-7-35(14)15(2)17-8-19(21-22-24(30-13-29-22)32-16(3)31-21)23(27-10-17)33-18-9-20(26)25(38-4)28-11-18/h8-11,13-15H,6-7,12H2,1-5H3,(H,27,33)(H,29,30,31,32)/t14?,15-/m1/s1. The molecule has 0 spiro atoms. The molecule has 4 aromatic heterocycles.